The van der Waals surface area contributed by atoms with E-state index in [1.165, 1.54) is 12.5 Å². The number of hydrogen-bond acceptors (Lipinski definition) is 3. The molecular formula is C13H11N3O2. The summed E-state index contributed by atoms with van der Waals surface area (Å²) >= 11 is 0. The molecule has 1 heterocycles. The first kappa shape index (κ1) is 11.9. The van der Waals surface area contributed by atoms with Crippen molar-refractivity contribution < 1.29 is 9.90 Å². The molecule has 90 valence electrons. The van der Waals surface area contributed by atoms with Gasteiger partial charge in [-0.2, -0.15) is 5.26 Å². The second-order valence-corrected chi connectivity index (χ2v) is 3.92. The highest BCUT2D eigenvalue weighted by Crippen LogP contribution is 2.18. The third kappa shape index (κ3) is 2.23. The van der Waals surface area contributed by atoms with Crippen LogP contribution in [0.25, 0.3) is 0 Å². The smallest absolute Gasteiger partial charge is 0.356 e. The Morgan fingerprint density at radius 1 is 1.44 bits per heavy atom. The molecule has 5 nitrogen and oxygen atoms in total. The number of nitriles is 1. The minimum Gasteiger partial charge on any atom is -0.476 e. The lowest BCUT2D eigenvalue weighted by Gasteiger charge is -2.13. The quantitative estimate of drug-likeness (QED) is 0.892. The van der Waals surface area contributed by atoms with Gasteiger partial charge in [-0.25, -0.2) is 9.78 Å². The SMILES string of the molecule is CC(c1ccc(C#N)cc1)n1cnc(C(=O)O)c1. The van der Waals surface area contributed by atoms with Gasteiger partial charge in [0.2, 0.25) is 0 Å². The molecule has 0 fully saturated rings. The Hall–Kier alpha value is -2.61. The average Bonchev–Trinajstić information content (AvgIpc) is 2.88. The molecule has 0 saturated heterocycles. The molecule has 1 aromatic heterocycles. The Balaban J connectivity index is 2.26. The molecule has 2 aromatic rings. The van der Waals surface area contributed by atoms with E-state index in [1.807, 2.05) is 19.1 Å². The van der Waals surface area contributed by atoms with Gasteiger partial charge in [0, 0.05) is 6.20 Å². The van der Waals surface area contributed by atoms with Crippen molar-refractivity contribution in [2.45, 2.75) is 13.0 Å². The molecule has 0 saturated carbocycles. The fourth-order valence-electron chi connectivity index (χ4n) is 1.67. The fourth-order valence-corrected chi connectivity index (χ4v) is 1.67. The molecule has 18 heavy (non-hydrogen) atoms. The van der Waals surface area contributed by atoms with Crippen LogP contribution in [0, 0.1) is 11.3 Å². The summed E-state index contributed by atoms with van der Waals surface area (Å²) in [6.07, 6.45) is 2.98. The standard InChI is InChI=1S/C13H11N3O2/c1-9(11-4-2-10(6-14)3-5-11)16-7-12(13(17)18)15-8-16/h2-5,7-9H,1H3,(H,17,18). The number of nitrogens with zero attached hydrogens (tertiary/aromatic N) is 3. The Kier molecular flexibility index (Phi) is 3.11. The van der Waals surface area contributed by atoms with E-state index in [2.05, 4.69) is 11.1 Å². The lowest BCUT2D eigenvalue weighted by molar-refractivity contribution is 0.0691. The first-order valence-electron chi connectivity index (χ1n) is 5.38. The van der Waals surface area contributed by atoms with Crippen molar-refractivity contribution in [2.24, 2.45) is 0 Å². The summed E-state index contributed by atoms with van der Waals surface area (Å²) in [5.41, 5.74) is 1.61. The number of aromatic carboxylic acids is 1. The van der Waals surface area contributed by atoms with Crippen LogP contribution in [0.5, 0.6) is 0 Å². The zero-order valence-corrected chi connectivity index (χ0v) is 9.74. The highest BCUT2D eigenvalue weighted by atomic mass is 16.4. The summed E-state index contributed by atoms with van der Waals surface area (Å²) in [6, 6.07) is 9.20. The molecule has 2 rings (SSSR count). The van der Waals surface area contributed by atoms with Crippen LogP contribution >= 0.6 is 0 Å². The van der Waals surface area contributed by atoms with Crippen LogP contribution in [0.1, 0.15) is 34.6 Å². The first-order valence-corrected chi connectivity index (χ1v) is 5.38. The lowest BCUT2D eigenvalue weighted by atomic mass is 10.1. The van der Waals surface area contributed by atoms with Crippen molar-refractivity contribution >= 4 is 5.97 Å². The van der Waals surface area contributed by atoms with E-state index < -0.39 is 5.97 Å². The number of carbonyl (C=O) groups is 1. The minimum atomic E-state index is -1.04. The van der Waals surface area contributed by atoms with E-state index in [9.17, 15) is 4.79 Å². The Morgan fingerprint density at radius 3 is 2.61 bits per heavy atom. The van der Waals surface area contributed by atoms with Gasteiger partial charge < -0.3 is 9.67 Å². The van der Waals surface area contributed by atoms with Gasteiger partial charge in [0.05, 0.1) is 24.0 Å². The van der Waals surface area contributed by atoms with Gasteiger partial charge in [0.25, 0.3) is 0 Å². The Labute approximate surface area is 104 Å². The third-order valence-electron chi connectivity index (χ3n) is 2.79. The molecule has 5 heteroatoms. The summed E-state index contributed by atoms with van der Waals surface area (Å²) in [6.45, 7) is 1.94. The number of carboxylic acid groups (broad SMARTS) is 1. The predicted molar refractivity (Wildman–Crippen MR) is 64.2 cm³/mol. The second-order valence-electron chi connectivity index (χ2n) is 3.92. The van der Waals surface area contributed by atoms with Crippen molar-refractivity contribution in [1.82, 2.24) is 9.55 Å². The van der Waals surface area contributed by atoms with Gasteiger partial charge in [0.15, 0.2) is 5.69 Å². The maximum absolute atomic E-state index is 10.7. The van der Waals surface area contributed by atoms with Gasteiger partial charge in [-0.1, -0.05) is 12.1 Å². The topological polar surface area (TPSA) is 78.9 Å². The maximum atomic E-state index is 10.7. The molecule has 0 amide bonds. The van der Waals surface area contributed by atoms with Gasteiger partial charge in [-0.15, -0.1) is 0 Å². The van der Waals surface area contributed by atoms with Gasteiger partial charge in [-0.3, -0.25) is 0 Å². The van der Waals surface area contributed by atoms with Crippen LogP contribution in [-0.2, 0) is 0 Å². The van der Waals surface area contributed by atoms with Crippen LogP contribution in [0.2, 0.25) is 0 Å². The van der Waals surface area contributed by atoms with E-state index in [-0.39, 0.29) is 11.7 Å². The minimum absolute atomic E-state index is 0.0236. The van der Waals surface area contributed by atoms with Crippen molar-refractivity contribution in [3.8, 4) is 6.07 Å². The van der Waals surface area contributed by atoms with Gasteiger partial charge >= 0.3 is 5.97 Å². The number of rotatable bonds is 3. The van der Waals surface area contributed by atoms with Crippen molar-refractivity contribution in [3.63, 3.8) is 0 Å². The van der Waals surface area contributed by atoms with Crippen LogP contribution in [0.3, 0.4) is 0 Å². The van der Waals surface area contributed by atoms with Crippen molar-refractivity contribution in [2.75, 3.05) is 0 Å². The fraction of sp³-hybridized carbons (Fsp3) is 0.154. The molecule has 1 atom stereocenters. The van der Waals surface area contributed by atoms with Crippen LogP contribution in [-0.4, -0.2) is 20.6 Å². The average molecular weight is 241 g/mol. The normalized spacial score (nSPS) is 11.8. The van der Waals surface area contributed by atoms with Gasteiger partial charge in [0.1, 0.15) is 0 Å². The molecule has 0 radical (unpaired) electrons. The predicted octanol–water partition coefficient (Wildman–Crippen LogP) is 2.06. The summed E-state index contributed by atoms with van der Waals surface area (Å²) in [5, 5.41) is 17.5. The molecule has 1 aromatic carbocycles. The van der Waals surface area contributed by atoms with Crippen molar-refractivity contribution in [3.05, 3.63) is 53.6 Å². The number of carboxylic acids is 1. The van der Waals surface area contributed by atoms with Crippen molar-refractivity contribution in [1.29, 1.82) is 5.26 Å². The molecular weight excluding hydrogens is 230 g/mol. The molecule has 0 aliphatic carbocycles. The Bertz CT molecular complexity index is 608. The van der Waals surface area contributed by atoms with Crippen LogP contribution in [0.4, 0.5) is 0 Å². The van der Waals surface area contributed by atoms with E-state index in [1.54, 1.807) is 16.7 Å². The monoisotopic (exact) mass is 241 g/mol. The molecule has 0 spiro atoms. The number of aromatic nitrogens is 2. The molecule has 1 unspecified atom stereocenters. The van der Waals surface area contributed by atoms with E-state index in [0.29, 0.717) is 5.56 Å². The molecule has 0 bridgehead atoms. The molecule has 1 N–H and O–H groups in total. The highest BCUT2D eigenvalue weighted by Gasteiger charge is 2.12. The zero-order chi connectivity index (χ0) is 13.1. The summed E-state index contributed by atoms with van der Waals surface area (Å²) in [4.78, 5) is 14.6. The van der Waals surface area contributed by atoms with E-state index in [4.69, 9.17) is 10.4 Å². The van der Waals surface area contributed by atoms with Crippen LogP contribution in [0.15, 0.2) is 36.8 Å². The van der Waals surface area contributed by atoms with E-state index >= 15 is 0 Å². The molecule has 0 aliphatic heterocycles. The van der Waals surface area contributed by atoms with Crippen LogP contribution < -0.4 is 0 Å². The summed E-state index contributed by atoms with van der Waals surface area (Å²) in [5.74, 6) is -1.04. The second kappa shape index (κ2) is 4.72. The lowest BCUT2D eigenvalue weighted by Crippen LogP contribution is -2.04. The Morgan fingerprint density at radius 2 is 2.11 bits per heavy atom. The van der Waals surface area contributed by atoms with Gasteiger partial charge in [-0.05, 0) is 24.6 Å². The molecule has 0 aliphatic rings. The third-order valence-corrected chi connectivity index (χ3v) is 2.79. The zero-order valence-electron chi connectivity index (χ0n) is 9.74. The first-order chi connectivity index (χ1) is 8.61. The number of imidazole rings is 1. The number of benzene rings is 1. The van der Waals surface area contributed by atoms with E-state index in [0.717, 1.165) is 5.56 Å². The maximum Gasteiger partial charge on any atom is 0.356 e. The number of hydrogen-bond donors (Lipinski definition) is 1. The summed E-state index contributed by atoms with van der Waals surface area (Å²) < 4.78 is 1.73. The largest absolute Gasteiger partial charge is 0.476 e. The summed E-state index contributed by atoms with van der Waals surface area (Å²) in [7, 11) is 0. The highest BCUT2D eigenvalue weighted by molar-refractivity contribution is 5.84.